The zero-order valence-corrected chi connectivity index (χ0v) is 17.0. The summed E-state index contributed by atoms with van der Waals surface area (Å²) in [6.07, 6.45) is 0.873. The minimum absolute atomic E-state index is 0.0540. The van der Waals surface area contributed by atoms with Gasteiger partial charge in [-0.25, -0.2) is 13.1 Å². The molecule has 0 aliphatic carbocycles. The molecule has 0 spiro atoms. The molecule has 0 aromatic heterocycles. The number of ether oxygens (including phenoxy) is 1. The number of benzene rings is 2. The molecule has 1 heterocycles. The van der Waals surface area contributed by atoms with Gasteiger partial charge >= 0.3 is 0 Å². The predicted molar refractivity (Wildman–Crippen MR) is 107 cm³/mol. The van der Waals surface area contributed by atoms with Gasteiger partial charge in [0.2, 0.25) is 10.0 Å². The predicted octanol–water partition coefficient (Wildman–Crippen LogP) is 3.34. The van der Waals surface area contributed by atoms with E-state index in [9.17, 15) is 8.42 Å². The van der Waals surface area contributed by atoms with Crippen molar-refractivity contribution in [2.75, 3.05) is 13.1 Å². The highest BCUT2D eigenvalue weighted by Gasteiger charge is 2.27. The molecule has 0 saturated carbocycles. The Morgan fingerprint density at radius 2 is 1.93 bits per heavy atom. The second-order valence-corrected chi connectivity index (χ2v) is 9.14. The third kappa shape index (κ3) is 5.31. The second kappa shape index (κ2) is 8.42. The molecule has 1 unspecified atom stereocenters. The second-order valence-electron chi connectivity index (χ2n) is 7.42. The van der Waals surface area contributed by atoms with Crippen molar-refractivity contribution in [3.8, 4) is 5.75 Å². The molecule has 0 radical (unpaired) electrons. The van der Waals surface area contributed by atoms with Crippen molar-refractivity contribution in [3.05, 3.63) is 59.7 Å². The van der Waals surface area contributed by atoms with E-state index in [2.05, 4.69) is 21.8 Å². The van der Waals surface area contributed by atoms with E-state index in [0.717, 1.165) is 37.4 Å². The van der Waals surface area contributed by atoms with Crippen molar-refractivity contribution < 1.29 is 13.2 Å². The summed E-state index contributed by atoms with van der Waals surface area (Å²) in [5.74, 6) is 0.721. The highest BCUT2D eigenvalue weighted by molar-refractivity contribution is 7.89. The smallest absolute Gasteiger partial charge is 0.240 e. The monoisotopic (exact) mass is 388 g/mol. The number of hydrogen-bond donors (Lipinski definition) is 1. The first-order valence-electron chi connectivity index (χ1n) is 9.39. The third-order valence-electron chi connectivity index (χ3n) is 4.66. The summed E-state index contributed by atoms with van der Waals surface area (Å²) in [6, 6.07) is 15.2. The molecular formula is C21H28N2O3S. The van der Waals surface area contributed by atoms with Gasteiger partial charge in [-0.3, -0.25) is 4.90 Å². The summed E-state index contributed by atoms with van der Waals surface area (Å²) in [4.78, 5) is 2.57. The fraction of sp³-hybridized carbons (Fsp3) is 0.429. The number of sulfonamides is 1. The molecule has 1 atom stereocenters. The van der Waals surface area contributed by atoms with Crippen molar-refractivity contribution in [1.82, 2.24) is 9.62 Å². The Hall–Kier alpha value is -1.89. The summed E-state index contributed by atoms with van der Waals surface area (Å²) in [5, 5.41) is 0. The minimum Gasteiger partial charge on any atom is -0.491 e. The number of rotatable bonds is 7. The number of hydrogen-bond acceptors (Lipinski definition) is 4. The van der Waals surface area contributed by atoms with Gasteiger partial charge in [0, 0.05) is 25.7 Å². The van der Waals surface area contributed by atoms with Crippen LogP contribution in [0.3, 0.4) is 0 Å². The van der Waals surface area contributed by atoms with Crippen LogP contribution in [0.15, 0.2) is 53.4 Å². The lowest BCUT2D eigenvalue weighted by atomic mass is 10.2. The summed E-state index contributed by atoms with van der Waals surface area (Å²) in [7, 11) is -3.54. The molecule has 1 saturated heterocycles. The Morgan fingerprint density at radius 1 is 1.19 bits per heavy atom. The quantitative estimate of drug-likeness (QED) is 0.790. The van der Waals surface area contributed by atoms with Gasteiger partial charge in [0.1, 0.15) is 5.75 Å². The number of nitrogens with zero attached hydrogens (tertiary/aromatic N) is 1. The van der Waals surface area contributed by atoms with Crippen LogP contribution >= 0.6 is 0 Å². The molecule has 1 fully saturated rings. The highest BCUT2D eigenvalue weighted by atomic mass is 32.2. The standard InChI is InChI=1S/C21H28N2O3S/c1-16(2)26-21-10-9-20(13-17(21)3)27(24,25)22-19-11-12-23(15-19)14-18-7-5-4-6-8-18/h4-10,13,16,19,22H,11-12,14-15H2,1-3H3. The van der Waals surface area contributed by atoms with Crippen molar-refractivity contribution in [1.29, 1.82) is 0 Å². The van der Waals surface area contributed by atoms with E-state index in [0.29, 0.717) is 0 Å². The molecule has 146 valence electrons. The number of likely N-dealkylation sites (tertiary alicyclic amines) is 1. The van der Waals surface area contributed by atoms with Crippen molar-refractivity contribution >= 4 is 10.0 Å². The Labute approximate surface area is 162 Å². The van der Waals surface area contributed by atoms with Gasteiger partial charge in [0.05, 0.1) is 11.0 Å². The third-order valence-corrected chi connectivity index (χ3v) is 6.18. The molecule has 0 amide bonds. The lowest BCUT2D eigenvalue weighted by Crippen LogP contribution is -2.37. The first kappa shape index (κ1) is 19.9. The Kier molecular flexibility index (Phi) is 6.19. The van der Waals surface area contributed by atoms with E-state index in [1.54, 1.807) is 18.2 Å². The van der Waals surface area contributed by atoms with Gasteiger partial charge < -0.3 is 4.74 Å². The maximum atomic E-state index is 12.8. The molecule has 1 aliphatic rings. The van der Waals surface area contributed by atoms with E-state index >= 15 is 0 Å². The molecule has 6 heteroatoms. The van der Waals surface area contributed by atoms with Crippen LogP contribution in [0, 0.1) is 6.92 Å². The van der Waals surface area contributed by atoms with Crippen LogP contribution in [0.25, 0.3) is 0 Å². The minimum atomic E-state index is -3.54. The fourth-order valence-electron chi connectivity index (χ4n) is 3.38. The number of nitrogens with one attached hydrogen (secondary N) is 1. The van der Waals surface area contributed by atoms with Gasteiger partial charge in [-0.15, -0.1) is 0 Å². The molecule has 5 nitrogen and oxygen atoms in total. The van der Waals surface area contributed by atoms with Crippen LogP contribution in [0.4, 0.5) is 0 Å². The van der Waals surface area contributed by atoms with Crippen molar-refractivity contribution in [2.45, 2.75) is 50.8 Å². The Morgan fingerprint density at radius 3 is 2.59 bits per heavy atom. The van der Waals surface area contributed by atoms with Crippen LogP contribution in [0.1, 0.15) is 31.4 Å². The molecular weight excluding hydrogens is 360 g/mol. The summed E-state index contributed by atoms with van der Waals surface area (Å²) in [5.41, 5.74) is 2.07. The summed E-state index contributed by atoms with van der Waals surface area (Å²) < 4.78 is 34.1. The average Bonchev–Trinajstić information content (AvgIpc) is 3.03. The van der Waals surface area contributed by atoms with E-state index in [1.807, 2.05) is 39.0 Å². The van der Waals surface area contributed by atoms with E-state index in [4.69, 9.17) is 4.74 Å². The largest absolute Gasteiger partial charge is 0.491 e. The lowest BCUT2D eigenvalue weighted by Gasteiger charge is -2.17. The normalized spacial score (nSPS) is 18.1. The van der Waals surface area contributed by atoms with Crippen LogP contribution in [0.5, 0.6) is 5.75 Å². The van der Waals surface area contributed by atoms with Crippen LogP contribution in [-0.2, 0) is 16.6 Å². The van der Waals surface area contributed by atoms with Gasteiger partial charge in [0.25, 0.3) is 0 Å². The highest BCUT2D eigenvalue weighted by Crippen LogP contribution is 2.23. The fourth-order valence-corrected chi connectivity index (χ4v) is 4.72. The Balaban J connectivity index is 1.62. The van der Waals surface area contributed by atoms with Gasteiger partial charge in [-0.2, -0.15) is 0 Å². The van der Waals surface area contributed by atoms with Crippen LogP contribution in [0.2, 0.25) is 0 Å². The van der Waals surface area contributed by atoms with Crippen LogP contribution in [-0.4, -0.2) is 38.6 Å². The molecule has 1 N–H and O–H groups in total. The van der Waals surface area contributed by atoms with Crippen molar-refractivity contribution in [3.63, 3.8) is 0 Å². The lowest BCUT2D eigenvalue weighted by molar-refractivity contribution is 0.240. The SMILES string of the molecule is Cc1cc(S(=O)(=O)NC2CCN(Cc3ccccc3)C2)ccc1OC(C)C. The number of aryl methyl sites for hydroxylation is 1. The molecule has 3 rings (SSSR count). The molecule has 0 bridgehead atoms. The van der Waals surface area contributed by atoms with E-state index in [1.165, 1.54) is 5.56 Å². The first-order valence-corrected chi connectivity index (χ1v) is 10.9. The Bertz CT molecular complexity index is 866. The summed E-state index contributed by atoms with van der Waals surface area (Å²) >= 11 is 0. The molecule has 2 aromatic rings. The van der Waals surface area contributed by atoms with Gasteiger partial charge in [0.15, 0.2) is 0 Å². The van der Waals surface area contributed by atoms with Gasteiger partial charge in [-0.1, -0.05) is 30.3 Å². The van der Waals surface area contributed by atoms with E-state index in [-0.39, 0.29) is 17.0 Å². The maximum Gasteiger partial charge on any atom is 0.240 e. The molecule has 1 aliphatic heterocycles. The van der Waals surface area contributed by atoms with Gasteiger partial charge in [-0.05, 0) is 56.5 Å². The topological polar surface area (TPSA) is 58.6 Å². The molecule has 2 aromatic carbocycles. The first-order chi connectivity index (χ1) is 12.8. The molecule has 27 heavy (non-hydrogen) atoms. The van der Waals surface area contributed by atoms with Crippen LogP contribution < -0.4 is 9.46 Å². The summed E-state index contributed by atoms with van der Waals surface area (Å²) in [6.45, 7) is 8.23. The van der Waals surface area contributed by atoms with E-state index < -0.39 is 10.0 Å². The average molecular weight is 389 g/mol. The maximum absolute atomic E-state index is 12.8. The van der Waals surface area contributed by atoms with Crippen molar-refractivity contribution in [2.24, 2.45) is 0 Å². The zero-order chi connectivity index (χ0) is 19.4. The zero-order valence-electron chi connectivity index (χ0n) is 16.2.